The quantitative estimate of drug-likeness (QED) is 0.875. The minimum atomic E-state index is -0.458. The first kappa shape index (κ1) is 15.0. The van der Waals surface area contributed by atoms with Crippen LogP contribution in [0.1, 0.15) is 12.8 Å². The maximum Gasteiger partial charge on any atom is 0.224 e. The summed E-state index contributed by atoms with van der Waals surface area (Å²) in [6, 6.07) is 1.24. The first-order chi connectivity index (χ1) is 9.61. The van der Waals surface area contributed by atoms with E-state index in [0.717, 1.165) is 12.8 Å². The van der Waals surface area contributed by atoms with Gasteiger partial charge >= 0.3 is 0 Å². The van der Waals surface area contributed by atoms with Crippen LogP contribution in [0, 0.1) is 11.7 Å². The fourth-order valence-electron chi connectivity index (χ4n) is 2.36. The van der Waals surface area contributed by atoms with Crippen LogP contribution in [0.15, 0.2) is 12.3 Å². The van der Waals surface area contributed by atoms with Gasteiger partial charge in [-0.05, 0) is 18.9 Å². The number of hydrogen-bond acceptors (Lipinski definition) is 4. The SMILES string of the molecule is NCCNC(=O)C1CCCN(c2ncc(Cl)cc2F)C1. The van der Waals surface area contributed by atoms with Crippen LogP contribution in [-0.2, 0) is 4.79 Å². The summed E-state index contributed by atoms with van der Waals surface area (Å²) in [5, 5.41) is 3.04. The van der Waals surface area contributed by atoms with Gasteiger partial charge in [-0.15, -0.1) is 0 Å². The van der Waals surface area contributed by atoms with E-state index in [0.29, 0.717) is 26.2 Å². The Morgan fingerprint density at radius 3 is 3.15 bits per heavy atom. The van der Waals surface area contributed by atoms with E-state index in [1.165, 1.54) is 12.3 Å². The molecule has 1 atom stereocenters. The van der Waals surface area contributed by atoms with E-state index in [1.54, 1.807) is 4.90 Å². The fraction of sp³-hybridized carbons (Fsp3) is 0.538. The Morgan fingerprint density at radius 2 is 2.45 bits per heavy atom. The minimum absolute atomic E-state index is 0.0329. The zero-order valence-corrected chi connectivity index (χ0v) is 11.9. The van der Waals surface area contributed by atoms with Crippen molar-refractivity contribution in [2.45, 2.75) is 12.8 Å². The normalized spacial score (nSPS) is 18.9. The summed E-state index contributed by atoms with van der Waals surface area (Å²) in [5.41, 5.74) is 5.36. The van der Waals surface area contributed by atoms with E-state index in [4.69, 9.17) is 17.3 Å². The molecule has 1 aliphatic heterocycles. The number of carbonyl (C=O) groups excluding carboxylic acids is 1. The van der Waals surface area contributed by atoms with Gasteiger partial charge in [0.2, 0.25) is 5.91 Å². The molecule has 2 heterocycles. The Bertz CT molecular complexity index is 485. The molecule has 110 valence electrons. The van der Waals surface area contributed by atoms with Crippen LogP contribution in [0.5, 0.6) is 0 Å². The molecule has 0 radical (unpaired) electrons. The average molecular weight is 301 g/mol. The Kier molecular flexibility index (Phi) is 5.14. The van der Waals surface area contributed by atoms with Crippen LogP contribution in [0.2, 0.25) is 5.02 Å². The summed E-state index contributed by atoms with van der Waals surface area (Å²) in [6.45, 7) is 2.02. The summed E-state index contributed by atoms with van der Waals surface area (Å²) in [7, 11) is 0. The number of halogens is 2. The predicted octanol–water partition coefficient (Wildman–Crippen LogP) is 1.17. The average Bonchev–Trinajstić information content (AvgIpc) is 2.45. The molecule has 0 aliphatic carbocycles. The lowest BCUT2D eigenvalue weighted by Gasteiger charge is -2.33. The number of pyridine rings is 1. The van der Waals surface area contributed by atoms with Gasteiger partial charge in [0.1, 0.15) is 0 Å². The molecule has 2 rings (SSSR count). The van der Waals surface area contributed by atoms with Crippen LogP contribution in [0.3, 0.4) is 0 Å². The lowest BCUT2D eigenvalue weighted by atomic mass is 9.97. The maximum absolute atomic E-state index is 13.9. The second kappa shape index (κ2) is 6.85. The van der Waals surface area contributed by atoms with E-state index in [-0.39, 0.29) is 22.7 Å². The number of nitrogens with two attached hydrogens (primary N) is 1. The molecule has 0 bridgehead atoms. The van der Waals surface area contributed by atoms with Crippen molar-refractivity contribution >= 4 is 23.3 Å². The van der Waals surface area contributed by atoms with Gasteiger partial charge < -0.3 is 16.0 Å². The largest absolute Gasteiger partial charge is 0.355 e. The molecule has 0 saturated carbocycles. The van der Waals surface area contributed by atoms with Gasteiger partial charge in [-0.2, -0.15) is 0 Å². The number of amides is 1. The van der Waals surface area contributed by atoms with Crippen molar-refractivity contribution in [1.29, 1.82) is 0 Å². The molecule has 1 aromatic heterocycles. The van der Waals surface area contributed by atoms with Gasteiger partial charge in [0.25, 0.3) is 0 Å². The molecular weight excluding hydrogens is 283 g/mol. The van der Waals surface area contributed by atoms with E-state index in [1.807, 2.05) is 0 Å². The van der Waals surface area contributed by atoms with E-state index in [2.05, 4.69) is 10.3 Å². The van der Waals surface area contributed by atoms with Gasteiger partial charge in [0, 0.05) is 32.4 Å². The first-order valence-corrected chi connectivity index (χ1v) is 7.03. The molecular formula is C13H18ClFN4O. The van der Waals surface area contributed by atoms with Crippen molar-refractivity contribution in [2.75, 3.05) is 31.1 Å². The second-order valence-corrected chi connectivity index (χ2v) is 5.26. The van der Waals surface area contributed by atoms with E-state index < -0.39 is 5.82 Å². The van der Waals surface area contributed by atoms with Crippen LogP contribution in [0.25, 0.3) is 0 Å². The van der Waals surface area contributed by atoms with Crippen molar-refractivity contribution in [1.82, 2.24) is 10.3 Å². The lowest BCUT2D eigenvalue weighted by Crippen LogP contribution is -2.44. The van der Waals surface area contributed by atoms with Crippen LogP contribution >= 0.6 is 11.6 Å². The molecule has 5 nitrogen and oxygen atoms in total. The van der Waals surface area contributed by atoms with Crippen LogP contribution in [-0.4, -0.2) is 37.1 Å². The number of piperidine rings is 1. The third-order valence-electron chi connectivity index (χ3n) is 3.32. The molecule has 20 heavy (non-hydrogen) atoms. The Morgan fingerprint density at radius 1 is 1.65 bits per heavy atom. The summed E-state index contributed by atoms with van der Waals surface area (Å²) >= 11 is 5.70. The molecule has 1 amide bonds. The molecule has 1 aromatic rings. The highest BCUT2D eigenvalue weighted by molar-refractivity contribution is 6.30. The number of carbonyl (C=O) groups is 1. The Balaban J connectivity index is 2.04. The molecule has 1 aliphatic rings. The van der Waals surface area contributed by atoms with E-state index >= 15 is 0 Å². The number of anilines is 1. The minimum Gasteiger partial charge on any atom is -0.355 e. The summed E-state index contributed by atoms with van der Waals surface area (Å²) in [4.78, 5) is 17.8. The van der Waals surface area contributed by atoms with Crippen molar-refractivity contribution in [3.63, 3.8) is 0 Å². The zero-order chi connectivity index (χ0) is 14.5. The molecule has 1 unspecified atom stereocenters. The molecule has 3 N–H and O–H groups in total. The highest BCUT2D eigenvalue weighted by atomic mass is 35.5. The monoisotopic (exact) mass is 300 g/mol. The molecule has 7 heteroatoms. The molecule has 1 saturated heterocycles. The van der Waals surface area contributed by atoms with Gasteiger partial charge in [0.15, 0.2) is 11.6 Å². The van der Waals surface area contributed by atoms with Gasteiger partial charge in [-0.25, -0.2) is 9.37 Å². The first-order valence-electron chi connectivity index (χ1n) is 6.65. The predicted molar refractivity (Wildman–Crippen MR) is 76.2 cm³/mol. The van der Waals surface area contributed by atoms with Gasteiger partial charge in [-0.3, -0.25) is 4.79 Å². The highest BCUT2D eigenvalue weighted by Gasteiger charge is 2.27. The van der Waals surface area contributed by atoms with Crippen molar-refractivity contribution < 1.29 is 9.18 Å². The summed E-state index contributed by atoms with van der Waals surface area (Å²) in [6.07, 6.45) is 3.03. The van der Waals surface area contributed by atoms with Crippen molar-refractivity contribution in [2.24, 2.45) is 11.7 Å². The summed E-state index contributed by atoms with van der Waals surface area (Å²) < 4.78 is 13.9. The topological polar surface area (TPSA) is 71.2 Å². The summed E-state index contributed by atoms with van der Waals surface area (Å²) in [5.74, 6) is -0.395. The second-order valence-electron chi connectivity index (χ2n) is 4.82. The molecule has 0 spiro atoms. The molecule has 1 fully saturated rings. The number of nitrogens with one attached hydrogen (secondary N) is 1. The molecule has 0 aromatic carbocycles. The maximum atomic E-state index is 13.9. The fourth-order valence-corrected chi connectivity index (χ4v) is 2.51. The van der Waals surface area contributed by atoms with Crippen LogP contribution < -0.4 is 16.0 Å². The smallest absolute Gasteiger partial charge is 0.224 e. The zero-order valence-electron chi connectivity index (χ0n) is 11.1. The number of aromatic nitrogens is 1. The standard InChI is InChI=1S/C13H18ClFN4O/c14-10-6-11(15)12(18-7-10)19-5-1-2-9(8-19)13(20)17-4-3-16/h6-7,9H,1-5,8,16H2,(H,17,20). The van der Waals surface area contributed by atoms with Crippen molar-refractivity contribution in [3.05, 3.63) is 23.1 Å². The number of rotatable bonds is 4. The van der Waals surface area contributed by atoms with E-state index in [9.17, 15) is 9.18 Å². The Hall–Kier alpha value is -1.40. The Labute approximate surface area is 122 Å². The highest BCUT2D eigenvalue weighted by Crippen LogP contribution is 2.25. The van der Waals surface area contributed by atoms with Gasteiger partial charge in [0.05, 0.1) is 10.9 Å². The third-order valence-corrected chi connectivity index (χ3v) is 3.53. The van der Waals surface area contributed by atoms with Gasteiger partial charge in [-0.1, -0.05) is 11.6 Å². The van der Waals surface area contributed by atoms with Crippen LogP contribution in [0.4, 0.5) is 10.2 Å². The number of nitrogens with zero attached hydrogens (tertiary/aromatic N) is 2. The lowest BCUT2D eigenvalue weighted by molar-refractivity contribution is -0.125. The number of hydrogen-bond donors (Lipinski definition) is 2. The van der Waals surface area contributed by atoms with Crippen molar-refractivity contribution in [3.8, 4) is 0 Å². The third kappa shape index (κ3) is 3.58.